The number of Topliss-reactive ketones (excluding diaryl/α,β-unsaturated/α-hetero) is 1. The molecule has 0 saturated heterocycles. The number of halogens is 2. The first-order valence-corrected chi connectivity index (χ1v) is 4.73. The van der Waals surface area contributed by atoms with Crippen molar-refractivity contribution >= 4 is 45.7 Å². The molecule has 0 aromatic heterocycles. The molecule has 0 aliphatic carbocycles. The van der Waals surface area contributed by atoms with Gasteiger partial charge in [0, 0.05) is 9.13 Å². The molecule has 0 radical (unpaired) electrons. The third-order valence-corrected chi connectivity index (χ3v) is 2.41. The standard InChI is InChI=1S/C8H7ClINO/c1-4(12)6-2-5(10)3-7(9)8(6)11/h2-3H,11H2,1H3. The smallest absolute Gasteiger partial charge is 0.161 e. The summed E-state index contributed by atoms with van der Waals surface area (Å²) in [5, 5.41) is 0.437. The predicted octanol–water partition coefficient (Wildman–Crippen LogP) is 2.73. The van der Waals surface area contributed by atoms with Crippen LogP contribution >= 0.6 is 34.2 Å². The molecule has 0 unspecified atom stereocenters. The van der Waals surface area contributed by atoms with Crippen LogP contribution in [-0.2, 0) is 0 Å². The number of hydrogen-bond acceptors (Lipinski definition) is 2. The van der Waals surface area contributed by atoms with E-state index in [2.05, 4.69) is 22.6 Å². The summed E-state index contributed by atoms with van der Waals surface area (Å²) < 4.78 is 0.914. The Morgan fingerprint density at radius 1 is 1.58 bits per heavy atom. The minimum atomic E-state index is -0.0621. The third-order valence-electron chi connectivity index (χ3n) is 1.47. The summed E-state index contributed by atoms with van der Waals surface area (Å²) in [5.74, 6) is -0.0621. The average Bonchev–Trinajstić information content (AvgIpc) is 1.96. The van der Waals surface area contributed by atoms with Gasteiger partial charge in [0.25, 0.3) is 0 Å². The zero-order valence-electron chi connectivity index (χ0n) is 6.40. The van der Waals surface area contributed by atoms with Crippen molar-refractivity contribution in [2.45, 2.75) is 6.92 Å². The molecule has 0 aliphatic heterocycles. The molecule has 0 amide bonds. The first-order chi connectivity index (χ1) is 5.52. The molecule has 1 aromatic carbocycles. The second-order valence-corrected chi connectivity index (χ2v) is 4.06. The summed E-state index contributed by atoms with van der Waals surface area (Å²) in [7, 11) is 0. The van der Waals surface area contributed by atoms with Gasteiger partial charge in [0.1, 0.15) is 0 Å². The molecule has 1 rings (SSSR count). The zero-order chi connectivity index (χ0) is 9.30. The normalized spacial score (nSPS) is 9.92. The van der Waals surface area contributed by atoms with Crippen molar-refractivity contribution in [1.29, 1.82) is 0 Å². The summed E-state index contributed by atoms with van der Waals surface area (Å²) in [4.78, 5) is 11.0. The molecule has 1 aromatic rings. The molecule has 2 N–H and O–H groups in total. The minimum Gasteiger partial charge on any atom is -0.397 e. The fourth-order valence-corrected chi connectivity index (χ4v) is 1.90. The number of anilines is 1. The molecule has 0 atom stereocenters. The van der Waals surface area contributed by atoms with Gasteiger partial charge in [-0.1, -0.05) is 11.6 Å². The van der Waals surface area contributed by atoms with Crippen molar-refractivity contribution in [3.05, 3.63) is 26.3 Å². The van der Waals surface area contributed by atoms with E-state index in [9.17, 15) is 4.79 Å². The van der Waals surface area contributed by atoms with Gasteiger partial charge >= 0.3 is 0 Å². The number of nitrogen functional groups attached to an aromatic ring is 1. The van der Waals surface area contributed by atoms with Crippen LogP contribution in [0.2, 0.25) is 5.02 Å². The second-order valence-electron chi connectivity index (χ2n) is 2.41. The average molecular weight is 296 g/mol. The van der Waals surface area contributed by atoms with E-state index in [4.69, 9.17) is 17.3 Å². The van der Waals surface area contributed by atoms with Crippen molar-refractivity contribution in [1.82, 2.24) is 0 Å². The van der Waals surface area contributed by atoms with Crippen molar-refractivity contribution in [3.63, 3.8) is 0 Å². The molecule has 4 heteroatoms. The van der Waals surface area contributed by atoms with Gasteiger partial charge in [-0.25, -0.2) is 0 Å². The number of benzene rings is 1. The van der Waals surface area contributed by atoms with Gasteiger partial charge in [-0.15, -0.1) is 0 Å². The van der Waals surface area contributed by atoms with Crippen molar-refractivity contribution in [2.75, 3.05) is 5.73 Å². The third kappa shape index (κ3) is 1.90. The lowest BCUT2D eigenvalue weighted by atomic mass is 10.1. The number of ketones is 1. The van der Waals surface area contributed by atoms with E-state index < -0.39 is 0 Å². The predicted molar refractivity (Wildman–Crippen MR) is 58.6 cm³/mol. The van der Waals surface area contributed by atoms with Crippen molar-refractivity contribution in [2.24, 2.45) is 0 Å². The Labute approximate surface area is 89.2 Å². The Morgan fingerprint density at radius 3 is 2.67 bits per heavy atom. The highest BCUT2D eigenvalue weighted by Crippen LogP contribution is 2.25. The Morgan fingerprint density at radius 2 is 2.17 bits per heavy atom. The van der Waals surface area contributed by atoms with E-state index >= 15 is 0 Å². The molecule has 0 heterocycles. The molecule has 64 valence electrons. The molecule has 0 bridgehead atoms. The van der Waals surface area contributed by atoms with Crippen LogP contribution < -0.4 is 5.73 Å². The Balaban J connectivity index is 3.37. The van der Waals surface area contributed by atoms with E-state index in [0.29, 0.717) is 16.3 Å². The minimum absolute atomic E-state index is 0.0621. The first kappa shape index (κ1) is 9.80. The maximum atomic E-state index is 11.0. The van der Waals surface area contributed by atoms with E-state index in [1.807, 2.05) is 0 Å². The molecule has 12 heavy (non-hydrogen) atoms. The van der Waals surface area contributed by atoms with Crippen LogP contribution in [0.25, 0.3) is 0 Å². The van der Waals surface area contributed by atoms with Gasteiger partial charge in [0.2, 0.25) is 0 Å². The van der Waals surface area contributed by atoms with Crippen LogP contribution in [0.1, 0.15) is 17.3 Å². The van der Waals surface area contributed by atoms with Gasteiger partial charge in [0.05, 0.1) is 10.7 Å². The number of carbonyl (C=O) groups is 1. The Hall–Kier alpha value is -0.290. The van der Waals surface area contributed by atoms with Crippen molar-refractivity contribution < 1.29 is 4.79 Å². The molecular weight excluding hydrogens is 288 g/mol. The van der Waals surface area contributed by atoms with Gasteiger partial charge in [-0.2, -0.15) is 0 Å². The van der Waals surface area contributed by atoms with Crippen LogP contribution in [0, 0.1) is 3.57 Å². The van der Waals surface area contributed by atoms with Crippen LogP contribution in [0.3, 0.4) is 0 Å². The maximum absolute atomic E-state index is 11.0. The summed E-state index contributed by atoms with van der Waals surface area (Å²) >= 11 is 7.87. The molecule has 0 spiro atoms. The summed E-state index contributed by atoms with van der Waals surface area (Å²) in [5.41, 5.74) is 6.45. The first-order valence-electron chi connectivity index (χ1n) is 3.28. The number of hydrogen-bond donors (Lipinski definition) is 1. The van der Waals surface area contributed by atoms with Gasteiger partial charge in [-0.3, -0.25) is 4.79 Å². The quantitative estimate of drug-likeness (QED) is 0.492. The number of nitrogens with two attached hydrogens (primary N) is 1. The SMILES string of the molecule is CC(=O)c1cc(I)cc(Cl)c1N. The highest BCUT2D eigenvalue weighted by atomic mass is 127. The van der Waals surface area contributed by atoms with Crippen LogP contribution in [-0.4, -0.2) is 5.78 Å². The van der Waals surface area contributed by atoms with Gasteiger partial charge in [0.15, 0.2) is 5.78 Å². The van der Waals surface area contributed by atoms with Crippen LogP contribution in [0.4, 0.5) is 5.69 Å². The zero-order valence-corrected chi connectivity index (χ0v) is 9.31. The lowest BCUT2D eigenvalue weighted by molar-refractivity contribution is 0.101. The van der Waals surface area contributed by atoms with Crippen LogP contribution in [0.5, 0.6) is 0 Å². The van der Waals surface area contributed by atoms with E-state index in [1.54, 1.807) is 12.1 Å². The molecular formula is C8H7ClINO. The highest BCUT2D eigenvalue weighted by molar-refractivity contribution is 14.1. The summed E-state index contributed by atoms with van der Waals surface area (Å²) in [6.45, 7) is 1.47. The largest absolute Gasteiger partial charge is 0.397 e. The lowest BCUT2D eigenvalue weighted by Gasteiger charge is -2.04. The second kappa shape index (κ2) is 3.62. The molecule has 0 fully saturated rings. The summed E-state index contributed by atoms with van der Waals surface area (Å²) in [6, 6.07) is 3.45. The highest BCUT2D eigenvalue weighted by Gasteiger charge is 2.08. The number of rotatable bonds is 1. The van der Waals surface area contributed by atoms with E-state index in [1.165, 1.54) is 6.92 Å². The topological polar surface area (TPSA) is 43.1 Å². The molecule has 0 aliphatic rings. The monoisotopic (exact) mass is 295 g/mol. The maximum Gasteiger partial charge on any atom is 0.161 e. The van der Waals surface area contributed by atoms with E-state index in [0.717, 1.165) is 3.57 Å². The fraction of sp³-hybridized carbons (Fsp3) is 0.125. The number of carbonyl (C=O) groups excluding carboxylic acids is 1. The fourth-order valence-electron chi connectivity index (χ4n) is 0.876. The molecule has 2 nitrogen and oxygen atoms in total. The Bertz CT molecular complexity index is 338. The van der Waals surface area contributed by atoms with Crippen LogP contribution in [0.15, 0.2) is 12.1 Å². The Kier molecular flexibility index (Phi) is 2.95. The van der Waals surface area contributed by atoms with Gasteiger partial charge < -0.3 is 5.73 Å². The lowest BCUT2D eigenvalue weighted by Crippen LogP contribution is -2.00. The van der Waals surface area contributed by atoms with E-state index in [-0.39, 0.29) is 5.78 Å². The van der Waals surface area contributed by atoms with Crippen molar-refractivity contribution in [3.8, 4) is 0 Å². The summed E-state index contributed by atoms with van der Waals surface area (Å²) in [6.07, 6.45) is 0. The van der Waals surface area contributed by atoms with Gasteiger partial charge in [-0.05, 0) is 41.6 Å². The molecule has 0 saturated carbocycles.